The van der Waals surface area contributed by atoms with Gasteiger partial charge in [0, 0.05) is 8.95 Å². The fourth-order valence-corrected chi connectivity index (χ4v) is 4.04. The largest absolute Gasteiger partial charge is 0.199 e. The second-order valence-corrected chi connectivity index (χ2v) is 5.57. The SMILES string of the molecule is Brc1ccc(Br)c2c1SNS2. The normalized spacial score (nSPS) is 15.1. The van der Waals surface area contributed by atoms with Gasteiger partial charge in [0.1, 0.15) is 0 Å². The Morgan fingerprint density at radius 2 is 1.45 bits per heavy atom. The maximum Gasteiger partial charge on any atom is 0.0539 e. The zero-order valence-electron chi connectivity index (χ0n) is 5.23. The first-order valence-electron chi connectivity index (χ1n) is 2.86. The molecule has 1 nitrogen and oxygen atoms in total. The highest BCUT2D eigenvalue weighted by Gasteiger charge is 2.17. The van der Waals surface area contributed by atoms with Gasteiger partial charge in [-0.2, -0.15) is 4.13 Å². The standard InChI is InChI=1S/C6H3Br2NS2/c7-3-1-2-4(8)6-5(3)10-9-11-6/h1-2,9H. The lowest BCUT2D eigenvalue weighted by atomic mass is 10.4. The summed E-state index contributed by atoms with van der Waals surface area (Å²) in [6, 6.07) is 4.09. The monoisotopic (exact) mass is 311 g/mol. The Morgan fingerprint density at radius 1 is 1.00 bits per heavy atom. The van der Waals surface area contributed by atoms with E-state index < -0.39 is 0 Å². The van der Waals surface area contributed by atoms with Crippen LogP contribution in [0.2, 0.25) is 0 Å². The molecule has 0 saturated carbocycles. The van der Waals surface area contributed by atoms with E-state index in [4.69, 9.17) is 0 Å². The van der Waals surface area contributed by atoms with Crippen molar-refractivity contribution in [2.24, 2.45) is 0 Å². The van der Waals surface area contributed by atoms with Crippen molar-refractivity contribution < 1.29 is 0 Å². The predicted octanol–water partition coefficient (Wildman–Crippen LogP) is 3.83. The minimum atomic E-state index is 1.15. The third-order valence-electron chi connectivity index (χ3n) is 1.30. The van der Waals surface area contributed by atoms with Gasteiger partial charge in [0.25, 0.3) is 0 Å². The molecule has 0 saturated heterocycles. The molecule has 1 aliphatic rings. The molecule has 0 aromatic heterocycles. The van der Waals surface area contributed by atoms with Gasteiger partial charge < -0.3 is 0 Å². The lowest BCUT2D eigenvalue weighted by molar-refractivity contribution is 1.21. The molecule has 5 heteroatoms. The molecule has 0 spiro atoms. The van der Waals surface area contributed by atoms with Crippen LogP contribution in [0.25, 0.3) is 0 Å². The first kappa shape index (κ1) is 8.44. The predicted molar refractivity (Wildman–Crippen MR) is 56.7 cm³/mol. The van der Waals surface area contributed by atoms with Crippen molar-refractivity contribution in [1.29, 1.82) is 0 Å². The number of halogens is 2. The molecule has 0 unspecified atom stereocenters. The first-order chi connectivity index (χ1) is 5.29. The van der Waals surface area contributed by atoms with Crippen LogP contribution in [0.4, 0.5) is 0 Å². The summed E-state index contributed by atoms with van der Waals surface area (Å²) in [5.74, 6) is 0. The average Bonchev–Trinajstić information content (AvgIpc) is 2.45. The molecule has 0 amide bonds. The summed E-state index contributed by atoms with van der Waals surface area (Å²) in [5.41, 5.74) is 0. The van der Waals surface area contributed by atoms with E-state index in [2.05, 4.69) is 36.0 Å². The molecule has 0 bridgehead atoms. The molecule has 58 valence electrons. The molecular formula is C6H3Br2NS2. The van der Waals surface area contributed by atoms with E-state index in [0.717, 1.165) is 8.95 Å². The van der Waals surface area contributed by atoms with E-state index in [0.29, 0.717) is 0 Å². The number of benzene rings is 1. The van der Waals surface area contributed by atoms with E-state index in [1.54, 1.807) is 23.9 Å². The highest BCUT2D eigenvalue weighted by molar-refractivity contribution is 9.11. The highest BCUT2D eigenvalue weighted by Crippen LogP contribution is 2.45. The van der Waals surface area contributed by atoms with Crippen LogP contribution in [0.1, 0.15) is 0 Å². The van der Waals surface area contributed by atoms with Gasteiger partial charge in [-0.15, -0.1) is 0 Å². The van der Waals surface area contributed by atoms with E-state index >= 15 is 0 Å². The minimum absolute atomic E-state index is 1.15. The smallest absolute Gasteiger partial charge is 0.0539 e. The van der Waals surface area contributed by atoms with Crippen molar-refractivity contribution in [2.45, 2.75) is 9.79 Å². The second-order valence-electron chi connectivity index (χ2n) is 1.97. The maximum atomic E-state index is 3.49. The lowest BCUT2D eigenvalue weighted by Crippen LogP contribution is -1.75. The van der Waals surface area contributed by atoms with Crippen molar-refractivity contribution >= 4 is 55.8 Å². The quantitative estimate of drug-likeness (QED) is 0.731. The molecule has 0 radical (unpaired) electrons. The molecule has 1 heterocycles. The zero-order valence-corrected chi connectivity index (χ0v) is 10.0. The molecule has 0 aliphatic carbocycles. The molecule has 1 aromatic carbocycles. The van der Waals surface area contributed by atoms with Gasteiger partial charge in [0.15, 0.2) is 0 Å². The number of rotatable bonds is 0. The second kappa shape index (κ2) is 3.30. The Balaban J connectivity index is 2.64. The molecule has 2 rings (SSSR count). The van der Waals surface area contributed by atoms with Gasteiger partial charge in [-0.3, -0.25) is 0 Å². The fourth-order valence-electron chi connectivity index (χ4n) is 0.809. The maximum absolute atomic E-state index is 3.49. The fraction of sp³-hybridized carbons (Fsp3) is 0. The topological polar surface area (TPSA) is 12.0 Å². The van der Waals surface area contributed by atoms with Gasteiger partial charge in [0.2, 0.25) is 0 Å². The first-order valence-corrected chi connectivity index (χ1v) is 6.07. The van der Waals surface area contributed by atoms with Crippen LogP contribution in [-0.2, 0) is 0 Å². The molecule has 0 atom stereocenters. The summed E-state index contributed by atoms with van der Waals surface area (Å²) in [5, 5.41) is 0. The third kappa shape index (κ3) is 1.49. The van der Waals surface area contributed by atoms with Gasteiger partial charge in [0.05, 0.1) is 9.79 Å². The van der Waals surface area contributed by atoms with Crippen LogP contribution in [0.3, 0.4) is 0 Å². The van der Waals surface area contributed by atoms with E-state index in [-0.39, 0.29) is 0 Å². The summed E-state index contributed by atoms with van der Waals surface area (Å²) < 4.78 is 5.44. The van der Waals surface area contributed by atoms with Crippen LogP contribution >= 0.6 is 55.8 Å². The van der Waals surface area contributed by atoms with Crippen LogP contribution < -0.4 is 4.13 Å². The van der Waals surface area contributed by atoms with Crippen molar-refractivity contribution in [1.82, 2.24) is 4.13 Å². The highest BCUT2D eigenvalue weighted by atomic mass is 79.9. The Hall–Kier alpha value is 0.840. The van der Waals surface area contributed by atoms with Crippen molar-refractivity contribution in [2.75, 3.05) is 0 Å². The third-order valence-corrected chi connectivity index (χ3v) is 5.20. The van der Waals surface area contributed by atoms with Crippen LogP contribution in [0.5, 0.6) is 0 Å². The van der Waals surface area contributed by atoms with Crippen LogP contribution in [-0.4, -0.2) is 0 Å². The van der Waals surface area contributed by atoms with Crippen LogP contribution in [0.15, 0.2) is 30.9 Å². The zero-order chi connectivity index (χ0) is 7.84. The molecule has 11 heavy (non-hydrogen) atoms. The van der Waals surface area contributed by atoms with Gasteiger partial charge in [-0.25, -0.2) is 0 Å². The average molecular weight is 313 g/mol. The Labute approximate surface area is 90.2 Å². The van der Waals surface area contributed by atoms with E-state index in [1.807, 2.05) is 12.1 Å². The molecule has 0 fully saturated rings. The van der Waals surface area contributed by atoms with E-state index in [9.17, 15) is 0 Å². The minimum Gasteiger partial charge on any atom is -0.199 e. The number of hydrogen-bond acceptors (Lipinski definition) is 3. The molecule has 1 aromatic rings. The summed E-state index contributed by atoms with van der Waals surface area (Å²) in [6.45, 7) is 0. The molecule has 1 N–H and O–H groups in total. The van der Waals surface area contributed by atoms with Gasteiger partial charge in [-0.05, 0) is 67.9 Å². The summed E-state index contributed by atoms with van der Waals surface area (Å²) in [4.78, 5) is 2.54. The van der Waals surface area contributed by atoms with Crippen molar-refractivity contribution in [3.8, 4) is 0 Å². The molecular weight excluding hydrogens is 310 g/mol. The Kier molecular flexibility index (Phi) is 2.53. The Morgan fingerprint density at radius 3 is 1.91 bits per heavy atom. The lowest BCUT2D eigenvalue weighted by Gasteiger charge is -1.99. The number of fused-ring (bicyclic) bond motifs is 1. The molecule has 1 aliphatic heterocycles. The van der Waals surface area contributed by atoms with E-state index in [1.165, 1.54) is 9.79 Å². The summed E-state index contributed by atoms with van der Waals surface area (Å²) in [7, 11) is 0. The van der Waals surface area contributed by atoms with Crippen molar-refractivity contribution in [3.05, 3.63) is 21.1 Å². The number of nitrogens with one attached hydrogen (secondary N) is 1. The van der Waals surface area contributed by atoms with Gasteiger partial charge >= 0.3 is 0 Å². The van der Waals surface area contributed by atoms with Crippen molar-refractivity contribution in [3.63, 3.8) is 0 Å². The van der Waals surface area contributed by atoms with Gasteiger partial charge in [-0.1, -0.05) is 0 Å². The Bertz CT molecular complexity index is 274. The summed E-state index contributed by atoms with van der Waals surface area (Å²) in [6.07, 6.45) is 0. The summed E-state index contributed by atoms with van der Waals surface area (Å²) >= 11 is 10.3. The van der Waals surface area contributed by atoms with Crippen LogP contribution in [0, 0.1) is 0 Å². The number of hydrogen-bond donors (Lipinski definition) is 1.